The maximum atomic E-state index is 5.34. The van der Waals surface area contributed by atoms with Crippen LogP contribution in [0.15, 0.2) is 84.0 Å². The molecule has 5 nitrogen and oxygen atoms in total. The molecule has 150 valence electrons. The number of thiazole rings is 1. The molecule has 0 aliphatic heterocycles. The van der Waals surface area contributed by atoms with Gasteiger partial charge in [-0.1, -0.05) is 72.0 Å². The molecule has 0 amide bonds. The van der Waals surface area contributed by atoms with E-state index in [1.165, 1.54) is 0 Å². The fourth-order valence-electron chi connectivity index (χ4n) is 3.04. The molecule has 3 aromatic carbocycles. The average molecular weight is 416 g/mol. The lowest BCUT2D eigenvalue weighted by molar-refractivity contribution is 0.355. The molecule has 0 bridgehead atoms. The quantitative estimate of drug-likeness (QED) is 0.300. The molecular formula is C24H21N3O2S. The zero-order chi connectivity index (χ0) is 20.8. The van der Waals surface area contributed by atoms with Crippen molar-refractivity contribution in [3.8, 4) is 33.2 Å². The first kappa shape index (κ1) is 19.7. The van der Waals surface area contributed by atoms with E-state index in [4.69, 9.17) is 14.5 Å². The Bertz CT molecular complexity index is 1080. The topological polar surface area (TPSA) is 55.7 Å². The highest BCUT2D eigenvalue weighted by Crippen LogP contribution is 2.38. The molecule has 6 heteroatoms. The summed E-state index contributed by atoms with van der Waals surface area (Å²) in [5.74, 6) is 1.34. The summed E-state index contributed by atoms with van der Waals surface area (Å²) in [6.07, 6.45) is 1.73. The summed E-state index contributed by atoms with van der Waals surface area (Å²) in [7, 11) is 3.23. The van der Waals surface area contributed by atoms with Gasteiger partial charge < -0.3 is 9.47 Å². The first-order valence-corrected chi connectivity index (χ1v) is 10.2. The van der Waals surface area contributed by atoms with Crippen LogP contribution in [0.1, 0.15) is 5.56 Å². The molecule has 0 unspecified atom stereocenters. The second-order valence-electron chi connectivity index (χ2n) is 6.41. The van der Waals surface area contributed by atoms with Gasteiger partial charge >= 0.3 is 0 Å². The van der Waals surface area contributed by atoms with E-state index < -0.39 is 0 Å². The average Bonchev–Trinajstić information content (AvgIpc) is 3.24. The van der Waals surface area contributed by atoms with E-state index in [1.54, 1.807) is 31.8 Å². The van der Waals surface area contributed by atoms with Gasteiger partial charge in [-0.15, -0.1) is 0 Å². The number of nitrogens with zero attached hydrogens (tertiary/aromatic N) is 2. The van der Waals surface area contributed by atoms with Crippen molar-refractivity contribution >= 4 is 22.7 Å². The van der Waals surface area contributed by atoms with Crippen LogP contribution in [0, 0.1) is 0 Å². The second kappa shape index (κ2) is 9.24. The molecule has 0 spiro atoms. The van der Waals surface area contributed by atoms with E-state index in [-0.39, 0.29) is 0 Å². The van der Waals surface area contributed by atoms with E-state index in [0.717, 1.165) is 32.4 Å². The van der Waals surface area contributed by atoms with Crippen molar-refractivity contribution in [2.75, 3.05) is 19.6 Å². The minimum atomic E-state index is 0.661. The molecular weight excluding hydrogens is 394 g/mol. The van der Waals surface area contributed by atoms with Gasteiger partial charge in [0.1, 0.15) is 0 Å². The Balaban J connectivity index is 1.61. The number of nitrogens with one attached hydrogen (secondary N) is 1. The first-order valence-electron chi connectivity index (χ1n) is 9.41. The molecule has 0 atom stereocenters. The van der Waals surface area contributed by atoms with Crippen molar-refractivity contribution in [1.29, 1.82) is 0 Å². The molecule has 0 aliphatic rings. The highest BCUT2D eigenvalue weighted by molar-refractivity contribution is 7.19. The summed E-state index contributed by atoms with van der Waals surface area (Å²) in [5, 5.41) is 5.09. The fraction of sp³-hybridized carbons (Fsp3) is 0.0833. The van der Waals surface area contributed by atoms with Gasteiger partial charge in [0, 0.05) is 5.56 Å². The van der Waals surface area contributed by atoms with Crippen molar-refractivity contribution in [2.45, 2.75) is 0 Å². The van der Waals surface area contributed by atoms with Crippen LogP contribution in [0.3, 0.4) is 0 Å². The zero-order valence-corrected chi connectivity index (χ0v) is 17.5. The van der Waals surface area contributed by atoms with Crippen molar-refractivity contribution in [3.63, 3.8) is 0 Å². The van der Waals surface area contributed by atoms with Gasteiger partial charge in [-0.25, -0.2) is 4.98 Å². The van der Waals surface area contributed by atoms with Crippen LogP contribution < -0.4 is 14.9 Å². The number of aromatic nitrogens is 1. The second-order valence-corrected chi connectivity index (χ2v) is 7.41. The van der Waals surface area contributed by atoms with E-state index in [1.807, 2.05) is 54.6 Å². The number of benzene rings is 3. The zero-order valence-electron chi connectivity index (χ0n) is 16.7. The van der Waals surface area contributed by atoms with Crippen LogP contribution in [0.2, 0.25) is 0 Å². The summed E-state index contributed by atoms with van der Waals surface area (Å²) in [4.78, 5) is 5.90. The van der Waals surface area contributed by atoms with Gasteiger partial charge in [-0.05, 0) is 29.3 Å². The fourth-order valence-corrected chi connectivity index (χ4v) is 3.98. The lowest BCUT2D eigenvalue weighted by Crippen LogP contribution is -1.93. The molecule has 4 rings (SSSR count). The third-order valence-corrected chi connectivity index (χ3v) is 5.50. The van der Waals surface area contributed by atoms with Gasteiger partial charge in [-0.3, -0.25) is 5.43 Å². The maximum Gasteiger partial charge on any atom is 0.204 e. The molecule has 0 saturated carbocycles. The van der Waals surface area contributed by atoms with E-state index in [2.05, 4.69) is 34.8 Å². The first-order chi connectivity index (χ1) is 14.8. The normalized spacial score (nSPS) is 10.9. The Morgan fingerprint density at radius 1 is 0.833 bits per heavy atom. The number of methoxy groups -OCH3 is 2. The molecule has 0 aliphatic carbocycles. The third-order valence-electron chi connectivity index (χ3n) is 4.49. The van der Waals surface area contributed by atoms with Crippen LogP contribution >= 0.6 is 11.3 Å². The maximum absolute atomic E-state index is 5.34. The van der Waals surface area contributed by atoms with Gasteiger partial charge in [0.2, 0.25) is 5.13 Å². The van der Waals surface area contributed by atoms with Crippen LogP contribution in [0.25, 0.3) is 21.7 Å². The molecule has 1 heterocycles. The summed E-state index contributed by atoms with van der Waals surface area (Å²) >= 11 is 1.58. The highest BCUT2D eigenvalue weighted by Gasteiger charge is 2.14. The Hall–Kier alpha value is -3.64. The smallest absolute Gasteiger partial charge is 0.204 e. The molecule has 0 saturated heterocycles. The molecule has 0 radical (unpaired) electrons. The van der Waals surface area contributed by atoms with Crippen LogP contribution in [-0.4, -0.2) is 25.4 Å². The van der Waals surface area contributed by atoms with Gasteiger partial charge in [0.15, 0.2) is 11.5 Å². The standard InChI is InChI=1S/C24H21N3O2S/c1-28-20-14-13-17(15-21(20)29-2)16-25-27-24-26-22(18-9-5-3-6-10-18)23(30-24)19-11-7-4-8-12-19/h3-16H,1-2H3,(H,26,27)/b25-16-. The summed E-state index contributed by atoms with van der Waals surface area (Å²) in [5.41, 5.74) is 7.10. The van der Waals surface area contributed by atoms with Crippen LogP contribution in [0.4, 0.5) is 5.13 Å². The minimum Gasteiger partial charge on any atom is -0.493 e. The van der Waals surface area contributed by atoms with Gasteiger partial charge in [0.05, 0.1) is 31.0 Å². The predicted octanol–water partition coefficient (Wildman–Crippen LogP) is 5.94. The lowest BCUT2D eigenvalue weighted by Gasteiger charge is -2.07. The third kappa shape index (κ3) is 4.34. The molecule has 0 fully saturated rings. The molecule has 1 N–H and O–H groups in total. The summed E-state index contributed by atoms with van der Waals surface area (Å²) in [6.45, 7) is 0. The summed E-state index contributed by atoms with van der Waals surface area (Å²) in [6, 6.07) is 26.1. The van der Waals surface area contributed by atoms with Crippen molar-refractivity contribution in [2.24, 2.45) is 5.10 Å². The molecule has 1 aromatic heterocycles. The number of rotatable bonds is 7. The number of hydrogen-bond donors (Lipinski definition) is 1. The van der Waals surface area contributed by atoms with Crippen molar-refractivity contribution in [3.05, 3.63) is 84.4 Å². The Labute approximate surface area is 179 Å². The Morgan fingerprint density at radius 2 is 1.50 bits per heavy atom. The van der Waals surface area contributed by atoms with Crippen molar-refractivity contribution in [1.82, 2.24) is 4.98 Å². The summed E-state index contributed by atoms with van der Waals surface area (Å²) < 4.78 is 10.6. The van der Waals surface area contributed by atoms with Gasteiger partial charge in [-0.2, -0.15) is 5.10 Å². The highest BCUT2D eigenvalue weighted by atomic mass is 32.1. The number of hydrazone groups is 1. The molecule has 30 heavy (non-hydrogen) atoms. The SMILES string of the molecule is COc1ccc(/C=N\Nc2nc(-c3ccccc3)c(-c3ccccc3)s2)cc1OC. The van der Waals surface area contributed by atoms with Crippen LogP contribution in [-0.2, 0) is 0 Å². The minimum absolute atomic E-state index is 0.661. The number of anilines is 1. The van der Waals surface area contributed by atoms with Crippen molar-refractivity contribution < 1.29 is 9.47 Å². The van der Waals surface area contributed by atoms with E-state index in [9.17, 15) is 0 Å². The Morgan fingerprint density at radius 3 is 2.17 bits per heavy atom. The largest absolute Gasteiger partial charge is 0.493 e. The molecule has 4 aromatic rings. The van der Waals surface area contributed by atoms with E-state index in [0.29, 0.717) is 11.5 Å². The van der Waals surface area contributed by atoms with Crippen LogP contribution in [0.5, 0.6) is 11.5 Å². The lowest BCUT2D eigenvalue weighted by atomic mass is 10.1. The number of hydrogen-bond acceptors (Lipinski definition) is 6. The van der Waals surface area contributed by atoms with Gasteiger partial charge in [0.25, 0.3) is 0 Å². The predicted molar refractivity (Wildman–Crippen MR) is 124 cm³/mol. The monoisotopic (exact) mass is 415 g/mol. The number of ether oxygens (including phenoxy) is 2. The van der Waals surface area contributed by atoms with E-state index >= 15 is 0 Å². The Kier molecular flexibility index (Phi) is 6.06.